The number of amides is 1. The van der Waals surface area contributed by atoms with Crippen LogP contribution in [0.25, 0.3) is 5.76 Å². The van der Waals surface area contributed by atoms with Gasteiger partial charge in [0, 0.05) is 11.1 Å². The summed E-state index contributed by atoms with van der Waals surface area (Å²) in [6.07, 6.45) is -0.00404. The van der Waals surface area contributed by atoms with Gasteiger partial charge in [-0.2, -0.15) is 0 Å². The van der Waals surface area contributed by atoms with E-state index in [1.807, 2.05) is 39.0 Å². The third-order valence-corrected chi connectivity index (χ3v) is 5.91. The summed E-state index contributed by atoms with van der Waals surface area (Å²) in [6.45, 7) is 7.62. The first-order chi connectivity index (χ1) is 16.7. The maximum absolute atomic E-state index is 13.3. The second-order valence-electron chi connectivity index (χ2n) is 8.83. The highest BCUT2D eigenvalue weighted by molar-refractivity contribution is 6.46. The number of furan rings is 1. The Labute approximate surface area is 204 Å². The quantitative estimate of drug-likeness (QED) is 0.283. The number of likely N-dealkylation sites (tertiary alicyclic amines) is 1. The fourth-order valence-electron chi connectivity index (χ4n) is 4.29. The average Bonchev–Trinajstić information content (AvgIpc) is 3.36. The molecule has 2 aromatic carbocycles. The van der Waals surface area contributed by atoms with Crippen molar-refractivity contribution >= 4 is 17.4 Å². The molecular weight excluding hydrogens is 446 g/mol. The van der Waals surface area contributed by atoms with Crippen LogP contribution in [-0.4, -0.2) is 34.9 Å². The zero-order valence-electron chi connectivity index (χ0n) is 20.5. The number of hydrogen-bond acceptors (Lipinski definition) is 6. The molecule has 0 aliphatic carbocycles. The van der Waals surface area contributed by atoms with Crippen molar-refractivity contribution in [3.05, 3.63) is 88.4 Å². The van der Waals surface area contributed by atoms with Crippen molar-refractivity contribution in [1.82, 2.24) is 4.90 Å². The van der Waals surface area contributed by atoms with Crippen molar-refractivity contribution in [2.24, 2.45) is 0 Å². The molecule has 0 bridgehead atoms. The molecule has 0 radical (unpaired) electrons. The van der Waals surface area contributed by atoms with Gasteiger partial charge in [0.15, 0.2) is 0 Å². The second-order valence-corrected chi connectivity index (χ2v) is 8.83. The van der Waals surface area contributed by atoms with Gasteiger partial charge in [0.2, 0.25) is 0 Å². The van der Waals surface area contributed by atoms with Gasteiger partial charge < -0.3 is 23.9 Å². The highest BCUT2D eigenvalue weighted by atomic mass is 16.5. The molecule has 2 heterocycles. The Morgan fingerprint density at radius 3 is 2.43 bits per heavy atom. The number of carbonyl (C=O) groups is 2. The topological polar surface area (TPSA) is 89.2 Å². The highest BCUT2D eigenvalue weighted by Gasteiger charge is 2.47. The van der Waals surface area contributed by atoms with Crippen LogP contribution in [-0.2, 0) is 16.1 Å². The largest absolute Gasteiger partial charge is 0.507 e. The Kier molecular flexibility index (Phi) is 6.69. The number of aliphatic hydroxyl groups excluding tert-OH is 1. The van der Waals surface area contributed by atoms with E-state index in [1.165, 1.54) is 4.90 Å². The lowest BCUT2D eigenvalue weighted by atomic mass is 9.98. The van der Waals surface area contributed by atoms with Crippen molar-refractivity contribution in [1.29, 1.82) is 0 Å². The lowest BCUT2D eigenvalue weighted by Gasteiger charge is -2.24. The molecule has 1 aliphatic rings. The number of Topliss-reactive ketones (excluding diaryl/α,β-unsaturated/α-hetero) is 1. The third-order valence-electron chi connectivity index (χ3n) is 5.91. The van der Waals surface area contributed by atoms with E-state index < -0.39 is 17.7 Å². The van der Waals surface area contributed by atoms with Gasteiger partial charge in [-0.25, -0.2) is 0 Å². The van der Waals surface area contributed by atoms with Gasteiger partial charge in [0.05, 0.1) is 25.3 Å². The normalized spacial score (nSPS) is 17.3. The average molecular weight is 476 g/mol. The molecule has 3 aromatic rings. The second kappa shape index (κ2) is 9.70. The van der Waals surface area contributed by atoms with Gasteiger partial charge in [-0.15, -0.1) is 0 Å². The Bertz CT molecular complexity index is 1300. The Hall–Kier alpha value is -4.00. The summed E-state index contributed by atoms with van der Waals surface area (Å²) in [5.74, 6) is 0.573. The number of methoxy groups -OCH3 is 1. The van der Waals surface area contributed by atoms with E-state index in [-0.39, 0.29) is 24.0 Å². The first kappa shape index (κ1) is 24.1. The summed E-state index contributed by atoms with van der Waals surface area (Å²) < 4.78 is 17.1. The van der Waals surface area contributed by atoms with Crippen LogP contribution in [0.1, 0.15) is 48.1 Å². The molecule has 4 rings (SSSR count). The van der Waals surface area contributed by atoms with Gasteiger partial charge in [-0.3, -0.25) is 9.59 Å². The number of para-hydroxylation sites is 1. The third kappa shape index (κ3) is 4.67. The maximum Gasteiger partial charge on any atom is 0.296 e. The number of aryl methyl sites for hydroxylation is 2. The number of rotatable bonds is 7. The van der Waals surface area contributed by atoms with Gasteiger partial charge >= 0.3 is 0 Å². The van der Waals surface area contributed by atoms with Crippen LogP contribution in [0.4, 0.5) is 0 Å². The van der Waals surface area contributed by atoms with E-state index in [0.29, 0.717) is 28.6 Å². The number of benzene rings is 2. The number of aliphatic hydroxyl groups is 1. The first-order valence-corrected chi connectivity index (χ1v) is 11.5. The van der Waals surface area contributed by atoms with Crippen molar-refractivity contribution in [3.8, 4) is 11.5 Å². The molecule has 1 atom stereocenters. The minimum atomic E-state index is -0.888. The predicted molar refractivity (Wildman–Crippen MR) is 131 cm³/mol. The molecule has 1 unspecified atom stereocenters. The Balaban J connectivity index is 1.82. The molecule has 0 spiro atoms. The summed E-state index contributed by atoms with van der Waals surface area (Å²) in [4.78, 5) is 27.9. The smallest absolute Gasteiger partial charge is 0.296 e. The molecule has 1 aliphatic heterocycles. The number of hydrogen-bond donors (Lipinski definition) is 1. The van der Waals surface area contributed by atoms with Crippen LogP contribution < -0.4 is 9.47 Å². The fourth-order valence-corrected chi connectivity index (χ4v) is 4.29. The summed E-state index contributed by atoms with van der Waals surface area (Å²) >= 11 is 0. The van der Waals surface area contributed by atoms with Crippen molar-refractivity contribution in [2.75, 3.05) is 7.11 Å². The van der Waals surface area contributed by atoms with E-state index in [1.54, 1.807) is 50.4 Å². The molecule has 1 saturated heterocycles. The van der Waals surface area contributed by atoms with E-state index in [0.717, 1.165) is 11.1 Å². The minimum Gasteiger partial charge on any atom is -0.507 e. The molecule has 7 nitrogen and oxygen atoms in total. The molecule has 35 heavy (non-hydrogen) atoms. The van der Waals surface area contributed by atoms with Crippen LogP contribution in [0.2, 0.25) is 0 Å². The van der Waals surface area contributed by atoms with Crippen LogP contribution in [0.3, 0.4) is 0 Å². The molecule has 1 aromatic heterocycles. The van der Waals surface area contributed by atoms with Crippen molar-refractivity contribution in [2.45, 2.75) is 46.4 Å². The van der Waals surface area contributed by atoms with E-state index >= 15 is 0 Å². The minimum absolute atomic E-state index is 0.00404. The molecule has 0 saturated carbocycles. The number of carbonyl (C=O) groups excluding carboxylic acids is 2. The highest BCUT2D eigenvalue weighted by Crippen LogP contribution is 2.42. The van der Waals surface area contributed by atoms with Gasteiger partial charge in [0.25, 0.3) is 11.7 Å². The lowest BCUT2D eigenvalue weighted by molar-refractivity contribution is -0.140. The van der Waals surface area contributed by atoms with Crippen LogP contribution in [0.5, 0.6) is 11.5 Å². The zero-order chi connectivity index (χ0) is 25.3. The summed E-state index contributed by atoms with van der Waals surface area (Å²) in [5.41, 5.74) is 1.94. The molecule has 1 N–H and O–H groups in total. The standard InChI is InChI=1S/C28H29NO6/c1-16(2)34-21-13-11-19(14-17(21)3)26(30)24-25(23-12-10-18(4)35-23)29(28(32)27(24)31)15-20-8-6-7-9-22(20)33-5/h6-14,16,25,30H,15H2,1-5H3/b26-24+. The molecule has 7 heteroatoms. The van der Waals surface area contributed by atoms with Crippen LogP contribution in [0.15, 0.2) is 64.6 Å². The Morgan fingerprint density at radius 2 is 1.80 bits per heavy atom. The molecular formula is C28H29NO6. The lowest BCUT2D eigenvalue weighted by Crippen LogP contribution is -2.29. The molecule has 1 fully saturated rings. The maximum atomic E-state index is 13.3. The summed E-state index contributed by atoms with van der Waals surface area (Å²) in [7, 11) is 1.55. The van der Waals surface area contributed by atoms with Crippen LogP contribution in [0, 0.1) is 13.8 Å². The number of ether oxygens (including phenoxy) is 2. The van der Waals surface area contributed by atoms with E-state index in [4.69, 9.17) is 13.9 Å². The van der Waals surface area contributed by atoms with Crippen LogP contribution >= 0.6 is 0 Å². The first-order valence-electron chi connectivity index (χ1n) is 11.5. The summed E-state index contributed by atoms with van der Waals surface area (Å²) in [6, 6.07) is 15.1. The SMILES string of the molecule is COc1ccccc1CN1C(=O)C(=O)/C(=C(/O)c2ccc(OC(C)C)c(C)c2)C1c1ccc(C)o1. The zero-order valence-corrected chi connectivity index (χ0v) is 20.5. The fraction of sp³-hybridized carbons (Fsp3) is 0.286. The van der Waals surface area contributed by atoms with Gasteiger partial charge in [-0.1, -0.05) is 18.2 Å². The number of nitrogens with zero attached hydrogens (tertiary/aromatic N) is 1. The van der Waals surface area contributed by atoms with E-state index in [2.05, 4.69) is 0 Å². The number of ketones is 1. The summed E-state index contributed by atoms with van der Waals surface area (Å²) in [5, 5.41) is 11.3. The predicted octanol–water partition coefficient (Wildman–Crippen LogP) is 5.31. The van der Waals surface area contributed by atoms with Crippen molar-refractivity contribution in [3.63, 3.8) is 0 Å². The van der Waals surface area contributed by atoms with Gasteiger partial charge in [0.1, 0.15) is 34.8 Å². The Morgan fingerprint density at radius 1 is 1.06 bits per heavy atom. The monoisotopic (exact) mass is 475 g/mol. The van der Waals surface area contributed by atoms with E-state index in [9.17, 15) is 14.7 Å². The van der Waals surface area contributed by atoms with Crippen molar-refractivity contribution < 1.29 is 28.6 Å². The van der Waals surface area contributed by atoms with Gasteiger partial charge in [-0.05, 0) is 69.7 Å². The molecule has 1 amide bonds. The molecule has 182 valence electrons.